The maximum Gasteiger partial charge on any atom is 0.300 e. The molecular formula is C31H34N2O4. The number of ketones is 1. The third-order valence-electron chi connectivity index (χ3n) is 6.59. The van der Waals surface area contributed by atoms with Gasteiger partial charge in [0.25, 0.3) is 11.7 Å². The Morgan fingerprint density at radius 3 is 2.24 bits per heavy atom. The van der Waals surface area contributed by atoms with Crippen molar-refractivity contribution in [2.75, 3.05) is 30.5 Å². The van der Waals surface area contributed by atoms with E-state index in [4.69, 9.17) is 4.74 Å². The Bertz CT molecular complexity index is 1360. The molecule has 6 heteroatoms. The SMILES string of the molecule is Cc1cc(/C(O)=C2\C(=O)C(=O)N(c3ccc(N(C)C)cc3)C2c2ccccc2C)ccc1OCC(C)C. The molecule has 1 atom stereocenters. The number of amides is 1. The highest BCUT2D eigenvalue weighted by molar-refractivity contribution is 6.51. The smallest absolute Gasteiger partial charge is 0.300 e. The van der Waals surface area contributed by atoms with E-state index in [0.717, 1.165) is 28.1 Å². The summed E-state index contributed by atoms with van der Waals surface area (Å²) in [5.41, 5.74) is 4.65. The van der Waals surface area contributed by atoms with Crippen molar-refractivity contribution in [3.63, 3.8) is 0 Å². The summed E-state index contributed by atoms with van der Waals surface area (Å²) in [5.74, 6) is -0.467. The molecule has 37 heavy (non-hydrogen) atoms. The number of aliphatic hydroxyl groups excluding tert-OH is 1. The molecule has 1 heterocycles. The van der Waals surface area contributed by atoms with Crippen molar-refractivity contribution < 1.29 is 19.4 Å². The van der Waals surface area contributed by atoms with Gasteiger partial charge in [-0.1, -0.05) is 38.1 Å². The van der Waals surface area contributed by atoms with Gasteiger partial charge in [-0.3, -0.25) is 14.5 Å². The highest BCUT2D eigenvalue weighted by Crippen LogP contribution is 2.43. The van der Waals surface area contributed by atoms with Crippen LogP contribution in [0.1, 0.15) is 42.1 Å². The number of aryl methyl sites for hydroxylation is 2. The predicted octanol–water partition coefficient (Wildman–Crippen LogP) is 6.03. The number of benzene rings is 3. The van der Waals surface area contributed by atoms with Crippen molar-refractivity contribution in [1.82, 2.24) is 0 Å². The molecule has 1 aliphatic rings. The van der Waals surface area contributed by atoms with Gasteiger partial charge in [0.15, 0.2) is 0 Å². The van der Waals surface area contributed by atoms with Crippen LogP contribution in [0, 0.1) is 19.8 Å². The summed E-state index contributed by atoms with van der Waals surface area (Å²) in [4.78, 5) is 30.4. The number of anilines is 2. The number of carbonyl (C=O) groups excluding carboxylic acids is 2. The molecule has 4 rings (SSSR count). The molecule has 0 radical (unpaired) electrons. The van der Waals surface area contributed by atoms with E-state index in [0.29, 0.717) is 23.8 Å². The van der Waals surface area contributed by atoms with Crippen LogP contribution in [0.5, 0.6) is 5.75 Å². The molecule has 192 valence electrons. The Kier molecular flexibility index (Phi) is 7.39. The number of hydrogen-bond donors (Lipinski definition) is 1. The second-order valence-corrected chi connectivity index (χ2v) is 10.1. The summed E-state index contributed by atoms with van der Waals surface area (Å²) >= 11 is 0. The van der Waals surface area contributed by atoms with E-state index < -0.39 is 17.7 Å². The molecule has 0 saturated carbocycles. The first-order valence-corrected chi connectivity index (χ1v) is 12.5. The summed E-state index contributed by atoms with van der Waals surface area (Å²) in [6.07, 6.45) is 0. The average molecular weight is 499 g/mol. The number of aliphatic hydroxyl groups is 1. The third kappa shape index (κ3) is 5.10. The largest absolute Gasteiger partial charge is 0.507 e. The molecule has 6 nitrogen and oxygen atoms in total. The number of hydrogen-bond acceptors (Lipinski definition) is 5. The Hall–Kier alpha value is -4.06. The molecule has 0 aromatic heterocycles. The molecule has 0 bridgehead atoms. The first kappa shape index (κ1) is 26.0. The fourth-order valence-corrected chi connectivity index (χ4v) is 4.57. The van der Waals surface area contributed by atoms with Crippen LogP contribution in [0.3, 0.4) is 0 Å². The van der Waals surface area contributed by atoms with Crippen LogP contribution in [0.25, 0.3) is 5.76 Å². The van der Waals surface area contributed by atoms with E-state index >= 15 is 0 Å². The molecule has 0 aliphatic carbocycles. The Balaban J connectivity index is 1.85. The van der Waals surface area contributed by atoms with E-state index in [1.54, 1.807) is 18.2 Å². The molecule has 1 aliphatic heterocycles. The van der Waals surface area contributed by atoms with Crippen molar-refractivity contribution >= 4 is 28.8 Å². The number of Topliss-reactive ketones (excluding diaryl/α,β-unsaturated/α-hetero) is 1. The van der Waals surface area contributed by atoms with Crippen LogP contribution >= 0.6 is 0 Å². The number of ether oxygens (including phenoxy) is 1. The fraction of sp³-hybridized carbons (Fsp3) is 0.290. The summed E-state index contributed by atoms with van der Waals surface area (Å²) < 4.78 is 5.87. The van der Waals surface area contributed by atoms with Gasteiger partial charge in [0.2, 0.25) is 0 Å². The van der Waals surface area contributed by atoms with Gasteiger partial charge in [-0.05, 0) is 78.9 Å². The van der Waals surface area contributed by atoms with E-state index in [1.807, 2.05) is 81.4 Å². The highest BCUT2D eigenvalue weighted by atomic mass is 16.5. The van der Waals surface area contributed by atoms with Crippen LogP contribution in [-0.2, 0) is 9.59 Å². The van der Waals surface area contributed by atoms with Crippen LogP contribution < -0.4 is 14.5 Å². The van der Waals surface area contributed by atoms with Gasteiger partial charge in [-0.2, -0.15) is 0 Å². The lowest BCUT2D eigenvalue weighted by atomic mass is 9.92. The molecule has 1 saturated heterocycles. The van der Waals surface area contributed by atoms with Gasteiger partial charge in [-0.25, -0.2) is 0 Å². The van der Waals surface area contributed by atoms with E-state index in [1.165, 1.54) is 4.90 Å². The number of carbonyl (C=O) groups is 2. The second-order valence-electron chi connectivity index (χ2n) is 10.1. The lowest BCUT2D eigenvalue weighted by Gasteiger charge is -2.27. The average Bonchev–Trinajstić information content (AvgIpc) is 3.13. The molecule has 3 aromatic rings. The summed E-state index contributed by atoms with van der Waals surface area (Å²) in [6, 6.07) is 19.7. The molecule has 1 N–H and O–H groups in total. The van der Waals surface area contributed by atoms with Crippen LogP contribution in [0.15, 0.2) is 72.3 Å². The van der Waals surface area contributed by atoms with Gasteiger partial charge in [0.1, 0.15) is 11.5 Å². The maximum absolute atomic E-state index is 13.5. The van der Waals surface area contributed by atoms with Gasteiger partial charge in [0.05, 0.1) is 18.2 Å². The van der Waals surface area contributed by atoms with Gasteiger partial charge < -0.3 is 14.7 Å². The van der Waals surface area contributed by atoms with Crippen molar-refractivity contribution in [2.24, 2.45) is 5.92 Å². The van der Waals surface area contributed by atoms with Crippen LogP contribution in [-0.4, -0.2) is 37.5 Å². The lowest BCUT2D eigenvalue weighted by Crippen LogP contribution is -2.29. The summed E-state index contributed by atoms with van der Waals surface area (Å²) in [5, 5.41) is 11.5. The van der Waals surface area contributed by atoms with E-state index in [9.17, 15) is 14.7 Å². The third-order valence-corrected chi connectivity index (χ3v) is 6.59. The Morgan fingerprint density at radius 2 is 1.65 bits per heavy atom. The minimum absolute atomic E-state index is 0.0752. The first-order valence-electron chi connectivity index (χ1n) is 12.5. The Morgan fingerprint density at radius 1 is 0.973 bits per heavy atom. The second kappa shape index (κ2) is 10.5. The molecule has 0 spiro atoms. The molecule has 1 amide bonds. The van der Waals surface area contributed by atoms with Crippen molar-refractivity contribution in [2.45, 2.75) is 33.7 Å². The number of rotatable bonds is 7. The lowest BCUT2D eigenvalue weighted by molar-refractivity contribution is -0.132. The zero-order valence-electron chi connectivity index (χ0n) is 22.3. The Labute approximate surface area is 218 Å². The van der Waals surface area contributed by atoms with E-state index in [2.05, 4.69) is 13.8 Å². The van der Waals surface area contributed by atoms with E-state index in [-0.39, 0.29) is 11.3 Å². The predicted molar refractivity (Wildman–Crippen MR) is 148 cm³/mol. The van der Waals surface area contributed by atoms with Gasteiger partial charge in [-0.15, -0.1) is 0 Å². The van der Waals surface area contributed by atoms with Crippen molar-refractivity contribution in [3.05, 3.63) is 94.6 Å². The number of nitrogens with zero attached hydrogens (tertiary/aromatic N) is 2. The topological polar surface area (TPSA) is 70.1 Å². The molecule has 1 unspecified atom stereocenters. The monoisotopic (exact) mass is 498 g/mol. The van der Waals surface area contributed by atoms with Crippen LogP contribution in [0.4, 0.5) is 11.4 Å². The minimum Gasteiger partial charge on any atom is -0.507 e. The zero-order chi connectivity index (χ0) is 26.9. The summed E-state index contributed by atoms with van der Waals surface area (Å²) in [7, 11) is 3.88. The quantitative estimate of drug-likeness (QED) is 0.245. The fourth-order valence-electron chi connectivity index (χ4n) is 4.57. The minimum atomic E-state index is -0.761. The first-order chi connectivity index (χ1) is 17.6. The van der Waals surface area contributed by atoms with Crippen molar-refractivity contribution in [3.8, 4) is 5.75 Å². The van der Waals surface area contributed by atoms with Gasteiger partial charge in [0, 0.05) is 31.0 Å². The standard InChI is InChI=1S/C31H34N2O4/c1-19(2)18-37-26-16-11-22(17-21(26)4)29(34)27-28(25-10-8-7-9-20(25)3)33(31(36)30(27)35)24-14-12-23(13-15-24)32(5)6/h7-17,19,28,34H,18H2,1-6H3/b29-27+. The van der Waals surface area contributed by atoms with Crippen LogP contribution in [0.2, 0.25) is 0 Å². The molecule has 1 fully saturated rings. The zero-order valence-corrected chi connectivity index (χ0v) is 22.3. The summed E-state index contributed by atoms with van der Waals surface area (Å²) in [6.45, 7) is 8.57. The molecule has 3 aromatic carbocycles. The maximum atomic E-state index is 13.5. The normalized spacial score (nSPS) is 16.9. The highest BCUT2D eigenvalue weighted by Gasteiger charge is 2.47. The van der Waals surface area contributed by atoms with Gasteiger partial charge >= 0.3 is 0 Å². The van der Waals surface area contributed by atoms with Crippen molar-refractivity contribution in [1.29, 1.82) is 0 Å². The molecular weight excluding hydrogens is 464 g/mol.